The summed E-state index contributed by atoms with van der Waals surface area (Å²) >= 11 is 0. The molecule has 0 radical (unpaired) electrons. The van der Waals surface area contributed by atoms with E-state index in [0.717, 1.165) is 5.52 Å². The van der Waals surface area contributed by atoms with Gasteiger partial charge in [-0.05, 0) is 43.3 Å². The quantitative estimate of drug-likeness (QED) is 0.673. The summed E-state index contributed by atoms with van der Waals surface area (Å²) < 4.78 is 5.36. The van der Waals surface area contributed by atoms with Gasteiger partial charge in [0, 0.05) is 5.56 Å². The van der Waals surface area contributed by atoms with Gasteiger partial charge in [0.15, 0.2) is 11.7 Å². The first-order valence-electron chi connectivity index (χ1n) is 7.61. The van der Waals surface area contributed by atoms with E-state index < -0.39 is 5.92 Å². The number of nitrogens with zero attached hydrogens (tertiary/aromatic N) is 3. The number of benzene rings is 2. The molecule has 3 aromatic rings. The zero-order valence-electron chi connectivity index (χ0n) is 13.1. The summed E-state index contributed by atoms with van der Waals surface area (Å²) in [5.74, 6) is -0.599. The molecule has 2 aromatic carbocycles. The fraction of sp³-hybridized carbons (Fsp3) is 0.158. The van der Waals surface area contributed by atoms with Crippen molar-refractivity contribution in [2.45, 2.75) is 12.8 Å². The Kier molecular flexibility index (Phi) is 4.48. The summed E-state index contributed by atoms with van der Waals surface area (Å²) in [6, 6.07) is 16.1. The van der Waals surface area contributed by atoms with Crippen LogP contribution in [0, 0.1) is 11.3 Å². The third-order valence-corrected chi connectivity index (χ3v) is 3.60. The van der Waals surface area contributed by atoms with E-state index in [9.17, 15) is 10.1 Å². The van der Waals surface area contributed by atoms with E-state index in [2.05, 4.69) is 9.97 Å². The molecule has 0 bridgehead atoms. The van der Waals surface area contributed by atoms with Crippen molar-refractivity contribution in [3.8, 4) is 11.8 Å². The van der Waals surface area contributed by atoms with Gasteiger partial charge >= 0.3 is 0 Å². The summed E-state index contributed by atoms with van der Waals surface area (Å²) in [5, 5.41) is 9.46. The fourth-order valence-electron chi connectivity index (χ4n) is 2.42. The molecule has 0 spiro atoms. The van der Waals surface area contributed by atoms with Crippen molar-refractivity contribution in [3.63, 3.8) is 0 Å². The molecule has 0 saturated heterocycles. The van der Waals surface area contributed by atoms with Crippen molar-refractivity contribution in [3.05, 3.63) is 66.0 Å². The van der Waals surface area contributed by atoms with Gasteiger partial charge in [-0.3, -0.25) is 9.78 Å². The van der Waals surface area contributed by atoms with E-state index >= 15 is 0 Å². The van der Waals surface area contributed by atoms with Gasteiger partial charge in [-0.15, -0.1) is 0 Å². The molecule has 5 heteroatoms. The van der Waals surface area contributed by atoms with Gasteiger partial charge in [0.25, 0.3) is 0 Å². The smallest absolute Gasteiger partial charge is 0.186 e. The monoisotopic (exact) mass is 317 g/mol. The fourth-order valence-corrected chi connectivity index (χ4v) is 2.42. The van der Waals surface area contributed by atoms with Crippen LogP contribution in [0.15, 0.2) is 54.7 Å². The summed E-state index contributed by atoms with van der Waals surface area (Å²) in [6.45, 7) is 2.45. The molecule has 24 heavy (non-hydrogen) atoms. The third kappa shape index (κ3) is 3.08. The van der Waals surface area contributed by atoms with Gasteiger partial charge in [0.05, 0.1) is 35.6 Å². The number of nitriles is 1. The van der Waals surface area contributed by atoms with E-state index in [1.54, 1.807) is 24.3 Å². The van der Waals surface area contributed by atoms with E-state index in [1.165, 1.54) is 6.20 Å². The molecule has 0 fully saturated rings. The molecule has 0 amide bonds. The number of ketones is 1. The van der Waals surface area contributed by atoms with Crippen LogP contribution in [0.25, 0.3) is 11.0 Å². The average Bonchev–Trinajstić information content (AvgIpc) is 2.63. The summed E-state index contributed by atoms with van der Waals surface area (Å²) in [7, 11) is 0. The minimum absolute atomic E-state index is 0.301. The average molecular weight is 317 g/mol. The van der Waals surface area contributed by atoms with Crippen LogP contribution in [0.1, 0.15) is 28.9 Å². The van der Waals surface area contributed by atoms with Gasteiger partial charge in [0.1, 0.15) is 5.75 Å². The molecule has 0 saturated carbocycles. The minimum Gasteiger partial charge on any atom is -0.494 e. The molecule has 0 aliphatic rings. The van der Waals surface area contributed by atoms with Crippen LogP contribution >= 0.6 is 0 Å². The zero-order chi connectivity index (χ0) is 16.9. The number of fused-ring (bicyclic) bond motifs is 1. The van der Waals surface area contributed by atoms with Crippen LogP contribution < -0.4 is 4.74 Å². The number of Topliss-reactive ketones (excluding diaryl/α,β-unsaturated/α-hetero) is 1. The number of hydrogen-bond acceptors (Lipinski definition) is 5. The van der Waals surface area contributed by atoms with Gasteiger partial charge < -0.3 is 4.74 Å². The number of carbonyl (C=O) groups is 1. The topological polar surface area (TPSA) is 75.9 Å². The Labute approximate surface area is 139 Å². The van der Waals surface area contributed by atoms with Crippen LogP contribution in [-0.4, -0.2) is 22.4 Å². The molecule has 0 aliphatic carbocycles. The van der Waals surface area contributed by atoms with Gasteiger partial charge in [0.2, 0.25) is 0 Å². The summed E-state index contributed by atoms with van der Waals surface area (Å²) in [5.41, 5.74) is 2.19. The van der Waals surface area contributed by atoms with Crippen molar-refractivity contribution in [2.24, 2.45) is 0 Å². The number of ether oxygens (including phenoxy) is 1. The Morgan fingerprint density at radius 1 is 1.17 bits per heavy atom. The van der Waals surface area contributed by atoms with E-state index in [1.807, 2.05) is 37.3 Å². The Morgan fingerprint density at radius 2 is 1.88 bits per heavy atom. The van der Waals surface area contributed by atoms with Gasteiger partial charge in [-0.2, -0.15) is 5.26 Å². The molecule has 3 rings (SSSR count). The lowest BCUT2D eigenvalue weighted by atomic mass is 9.96. The van der Waals surface area contributed by atoms with Crippen molar-refractivity contribution in [1.82, 2.24) is 9.97 Å². The molecule has 1 unspecified atom stereocenters. The molecular weight excluding hydrogens is 302 g/mol. The first kappa shape index (κ1) is 15.6. The lowest BCUT2D eigenvalue weighted by Crippen LogP contribution is -2.13. The highest BCUT2D eigenvalue weighted by Gasteiger charge is 2.23. The number of rotatable bonds is 5. The number of carbonyl (C=O) groups excluding carboxylic acids is 1. The van der Waals surface area contributed by atoms with Crippen LogP contribution in [0.4, 0.5) is 0 Å². The normalized spacial score (nSPS) is 11.7. The van der Waals surface area contributed by atoms with E-state index in [4.69, 9.17) is 4.74 Å². The highest BCUT2D eigenvalue weighted by Crippen LogP contribution is 2.22. The van der Waals surface area contributed by atoms with E-state index in [0.29, 0.717) is 29.1 Å². The highest BCUT2D eigenvalue weighted by atomic mass is 16.5. The van der Waals surface area contributed by atoms with Crippen LogP contribution in [-0.2, 0) is 0 Å². The number of aromatic nitrogens is 2. The third-order valence-electron chi connectivity index (χ3n) is 3.60. The maximum atomic E-state index is 12.7. The van der Waals surface area contributed by atoms with E-state index in [-0.39, 0.29) is 5.78 Å². The zero-order valence-corrected chi connectivity index (χ0v) is 13.1. The lowest BCUT2D eigenvalue weighted by molar-refractivity contribution is 0.0977. The largest absolute Gasteiger partial charge is 0.494 e. The van der Waals surface area contributed by atoms with Crippen molar-refractivity contribution < 1.29 is 9.53 Å². The second-order valence-corrected chi connectivity index (χ2v) is 5.17. The van der Waals surface area contributed by atoms with Crippen molar-refractivity contribution in [1.29, 1.82) is 5.26 Å². The minimum atomic E-state index is -0.986. The molecule has 0 N–H and O–H groups in total. The molecule has 1 atom stereocenters. The van der Waals surface area contributed by atoms with Crippen molar-refractivity contribution >= 4 is 16.8 Å². The van der Waals surface area contributed by atoms with Gasteiger partial charge in [-0.1, -0.05) is 12.1 Å². The summed E-state index contributed by atoms with van der Waals surface area (Å²) in [4.78, 5) is 21.3. The standard InChI is InChI=1S/C19H15N3O2/c1-2-24-14-9-7-13(8-10-14)19(23)15(11-20)18-12-21-16-5-3-4-6-17(16)22-18/h3-10,12,15H,2H2,1H3. The number of hydrogen-bond donors (Lipinski definition) is 0. The lowest BCUT2D eigenvalue weighted by Gasteiger charge is -2.09. The second kappa shape index (κ2) is 6.88. The predicted octanol–water partition coefficient (Wildman–Crippen LogP) is 3.52. The molecule has 1 aromatic heterocycles. The highest BCUT2D eigenvalue weighted by molar-refractivity contribution is 6.02. The first-order chi connectivity index (χ1) is 11.7. The Bertz CT molecular complexity index is 914. The van der Waals surface area contributed by atoms with Crippen molar-refractivity contribution in [2.75, 3.05) is 6.61 Å². The summed E-state index contributed by atoms with van der Waals surface area (Å²) in [6.07, 6.45) is 1.49. The Morgan fingerprint density at radius 3 is 2.54 bits per heavy atom. The Balaban J connectivity index is 1.91. The van der Waals surface area contributed by atoms with Gasteiger partial charge in [-0.25, -0.2) is 4.98 Å². The maximum Gasteiger partial charge on any atom is 0.186 e. The SMILES string of the molecule is CCOc1ccc(C(=O)C(C#N)c2cnc3ccccc3n2)cc1. The molecule has 5 nitrogen and oxygen atoms in total. The molecule has 118 valence electrons. The second-order valence-electron chi connectivity index (χ2n) is 5.17. The molecule has 0 aliphatic heterocycles. The van der Waals surface area contributed by atoms with Crippen LogP contribution in [0.5, 0.6) is 5.75 Å². The van der Waals surface area contributed by atoms with Crippen LogP contribution in [0.3, 0.4) is 0 Å². The maximum absolute atomic E-state index is 12.7. The Hall–Kier alpha value is -3.26. The molecule has 1 heterocycles. The number of para-hydroxylation sites is 2. The van der Waals surface area contributed by atoms with Crippen LogP contribution in [0.2, 0.25) is 0 Å². The molecular formula is C19H15N3O2. The first-order valence-corrected chi connectivity index (χ1v) is 7.61. The predicted molar refractivity (Wildman–Crippen MR) is 89.8 cm³/mol.